The van der Waals surface area contributed by atoms with Gasteiger partial charge in [-0.15, -0.1) is 0 Å². The Kier molecular flexibility index (Phi) is 5.98. The van der Waals surface area contributed by atoms with E-state index < -0.39 is 0 Å². The molecule has 3 atom stereocenters. The van der Waals surface area contributed by atoms with Crippen molar-refractivity contribution >= 4 is 28.5 Å². The van der Waals surface area contributed by atoms with Crippen molar-refractivity contribution in [2.24, 2.45) is 18.9 Å². The molecule has 0 spiro atoms. The summed E-state index contributed by atoms with van der Waals surface area (Å²) in [7, 11) is 2.03. The van der Waals surface area contributed by atoms with Gasteiger partial charge in [-0.05, 0) is 80.2 Å². The van der Waals surface area contributed by atoms with E-state index in [-0.39, 0.29) is 11.8 Å². The van der Waals surface area contributed by atoms with Gasteiger partial charge in [0.1, 0.15) is 5.65 Å². The van der Waals surface area contributed by atoms with E-state index in [0.717, 1.165) is 55.2 Å². The van der Waals surface area contributed by atoms with E-state index in [2.05, 4.69) is 27.0 Å². The summed E-state index contributed by atoms with van der Waals surface area (Å²) in [6.45, 7) is 2.91. The lowest BCUT2D eigenvalue weighted by Crippen LogP contribution is -2.54. The lowest BCUT2D eigenvalue weighted by Gasteiger charge is -2.50. The molecule has 2 amide bonds. The zero-order valence-electron chi connectivity index (χ0n) is 21.5. The molecule has 2 aliphatic heterocycles. The van der Waals surface area contributed by atoms with Crippen LogP contribution in [0, 0.1) is 30.1 Å². The molecule has 1 aromatic carbocycles. The van der Waals surface area contributed by atoms with Gasteiger partial charge in [0, 0.05) is 42.7 Å². The maximum absolute atomic E-state index is 13.3. The van der Waals surface area contributed by atoms with Crippen molar-refractivity contribution in [3.05, 3.63) is 58.9 Å². The van der Waals surface area contributed by atoms with Crippen molar-refractivity contribution in [1.82, 2.24) is 14.5 Å². The number of pyridine rings is 1. The summed E-state index contributed by atoms with van der Waals surface area (Å²) in [4.78, 5) is 33.2. The molecule has 2 aromatic heterocycles. The van der Waals surface area contributed by atoms with Crippen LogP contribution in [0.5, 0.6) is 0 Å². The van der Waals surface area contributed by atoms with E-state index in [1.165, 1.54) is 18.4 Å². The summed E-state index contributed by atoms with van der Waals surface area (Å²) in [5, 5.41) is 13.3. The second-order valence-electron chi connectivity index (χ2n) is 11.1. The van der Waals surface area contributed by atoms with Crippen LogP contribution in [-0.2, 0) is 11.8 Å². The largest absolute Gasteiger partial charge is 0.339 e. The Bertz CT molecular complexity index is 1430. The number of anilines is 1. The first-order valence-corrected chi connectivity index (χ1v) is 13.5. The number of nitrogens with zero attached hydrogens (tertiary/aromatic N) is 4. The van der Waals surface area contributed by atoms with Crippen molar-refractivity contribution in [2.75, 3.05) is 11.9 Å². The number of amides is 2. The number of carbonyl (C=O) groups is 2. The SMILES string of the molecule is Cc1c(NC(=O)c2cccc(C#N)c2)cnc2c1c([C@@H]1C[C@H]3CCC1CN3C(=O)C1CCCC1)cn2C. The molecular formula is C30H33N5O2. The molecule has 7 heteroatoms. The highest BCUT2D eigenvalue weighted by atomic mass is 16.2. The van der Waals surface area contributed by atoms with E-state index in [4.69, 9.17) is 4.98 Å². The van der Waals surface area contributed by atoms with Crippen LogP contribution in [0.1, 0.15) is 77.9 Å². The van der Waals surface area contributed by atoms with Crippen LogP contribution in [0.4, 0.5) is 5.69 Å². The van der Waals surface area contributed by atoms with Gasteiger partial charge in [0.05, 0.1) is 23.5 Å². The first-order valence-electron chi connectivity index (χ1n) is 13.5. The van der Waals surface area contributed by atoms with Crippen molar-refractivity contribution in [3.63, 3.8) is 0 Å². The topological polar surface area (TPSA) is 91.0 Å². The summed E-state index contributed by atoms with van der Waals surface area (Å²) in [6, 6.07) is 9.12. The molecule has 37 heavy (non-hydrogen) atoms. The molecule has 2 saturated carbocycles. The van der Waals surface area contributed by atoms with Crippen LogP contribution in [0.25, 0.3) is 11.0 Å². The third-order valence-electron chi connectivity index (χ3n) is 9.00. The Morgan fingerprint density at radius 1 is 1.16 bits per heavy atom. The van der Waals surface area contributed by atoms with Gasteiger partial charge in [-0.25, -0.2) is 4.98 Å². The van der Waals surface area contributed by atoms with Gasteiger partial charge in [-0.1, -0.05) is 18.9 Å². The number of fused-ring (bicyclic) bond motifs is 4. The van der Waals surface area contributed by atoms with Crippen LogP contribution < -0.4 is 5.32 Å². The highest BCUT2D eigenvalue weighted by molar-refractivity contribution is 6.06. The molecule has 1 unspecified atom stereocenters. The van der Waals surface area contributed by atoms with E-state index >= 15 is 0 Å². The number of carbonyl (C=O) groups excluding carboxylic acids is 2. The van der Waals surface area contributed by atoms with Crippen molar-refractivity contribution in [2.45, 2.75) is 63.8 Å². The average Bonchev–Trinajstić information content (AvgIpc) is 3.59. The highest BCUT2D eigenvalue weighted by Gasteiger charge is 2.45. The molecular weight excluding hydrogens is 462 g/mol. The molecule has 7 rings (SSSR count). The molecule has 1 N–H and O–H groups in total. The Labute approximate surface area is 217 Å². The van der Waals surface area contributed by atoms with Gasteiger partial charge >= 0.3 is 0 Å². The molecule has 4 aliphatic rings. The predicted molar refractivity (Wildman–Crippen MR) is 142 cm³/mol. The van der Waals surface area contributed by atoms with Crippen LogP contribution in [0.15, 0.2) is 36.7 Å². The number of aryl methyl sites for hydroxylation is 2. The minimum absolute atomic E-state index is 0.238. The van der Waals surface area contributed by atoms with Gasteiger partial charge in [-0.3, -0.25) is 9.59 Å². The fourth-order valence-electron chi connectivity index (χ4n) is 7.04. The van der Waals surface area contributed by atoms with Gasteiger partial charge in [0.2, 0.25) is 5.91 Å². The minimum atomic E-state index is -0.253. The third-order valence-corrected chi connectivity index (χ3v) is 9.00. The lowest BCUT2D eigenvalue weighted by atomic mass is 9.69. The van der Waals surface area contributed by atoms with Crippen molar-refractivity contribution < 1.29 is 9.59 Å². The average molecular weight is 496 g/mol. The summed E-state index contributed by atoms with van der Waals surface area (Å²) < 4.78 is 2.09. The fraction of sp³-hybridized carbons (Fsp3) is 0.467. The number of benzene rings is 1. The number of hydrogen-bond acceptors (Lipinski definition) is 4. The summed E-state index contributed by atoms with van der Waals surface area (Å²) in [6.07, 6.45) is 11.7. The van der Waals surface area contributed by atoms with Crippen LogP contribution in [0.2, 0.25) is 0 Å². The van der Waals surface area contributed by atoms with Gasteiger partial charge in [0.15, 0.2) is 0 Å². The maximum atomic E-state index is 13.3. The molecule has 2 aliphatic carbocycles. The molecule has 4 fully saturated rings. The Balaban J connectivity index is 1.29. The van der Waals surface area contributed by atoms with Crippen molar-refractivity contribution in [3.8, 4) is 6.07 Å². The van der Waals surface area contributed by atoms with E-state index in [0.29, 0.717) is 40.6 Å². The molecule has 0 radical (unpaired) electrons. The smallest absolute Gasteiger partial charge is 0.255 e. The van der Waals surface area contributed by atoms with Crippen molar-refractivity contribution in [1.29, 1.82) is 5.26 Å². The Morgan fingerprint density at radius 3 is 2.70 bits per heavy atom. The van der Waals surface area contributed by atoms with E-state index in [1.807, 2.05) is 14.0 Å². The second-order valence-corrected chi connectivity index (χ2v) is 11.1. The zero-order valence-corrected chi connectivity index (χ0v) is 21.5. The molecule has 4 heterocycles. The van der Waals surface area contributed by atoms with E-state index in [1.54, 1.807) is 30.5 Å². The second kappa shape index (κ2) is 9.33. The van der Waals surface area contributed by atoms with Crippen LogP contribution in [-0.4, -0.2) is 38.9 Å². The fourth-order valence-corrected chi connectivity index (χ4v) is 7.04. The molecule has 3 aromatic rings. The van der Waals surface area contributed by atoms with Gasteiger partial charge in [0.25, 0.3) is 5.91 Å². The first kappa shape index (κ1) is 23.7. The summed E-state index contributed by atoms with van der Waals surface area (Å²) in [5.41, 5.74) is 4.79. The van der Waals surface area contributed by atoms with Gasteiger partial charge < -0.3 is 14.8 Å². The number of nitrogens with one attached hydrogen (secondary N) is 1. The molecule has 2 saturated heterocycles. The summed E-state index contributed by atoms with van der Waals surface area (Å²) >= 11 is 0. The first-order chi connectivity index (χ1) is 17.9. The minimum Gasteiger partial charge on any atom is -0.339 e. The van der Waals surface area contributed by atoms with E-state index in [9.17, 15) is 14.9 Å². The summed E-state index contributed by atoms with van der Waals surface area (Å²) in [5.74, 6) is 1.21. The molecule has 7 nitrogen and oxygen atoms in total. The molecule has 2 bridgehead atoms. The Hall–Kier alpha value is -3.66. The molecule has 190 valence electrons. The van der Waals surface area contributed by atoms with Gasteiger partial charge in [-0.2, -0.15) is 5.26 Å². The third kappa shape index (κ3) is 4.09. The van der Waals surface area contributed by atoms with Crippen LogP contribution >= 0.6 is 0 Å². The zero-order chi connectivity index (χ0) is 25.7. The maximum Gasteiger partial charge on any atom is 0.255 e. The number of rotatable bonds is 4. The Morgan fingerprint density at radius 2 is 1.97 bits per heavy atom. The number of nitriles is 1. The lowest BCUT2D eigenvalue weighted by molar-refractivity contribution is -0.143. The predicted octanol–water partition coefficient (Wildman–Crippen LogP) is 5.29. The monoisotopic (exact) mass is 495 g/mol. The number of hydrogen-bond donors (Lipinski definition) is 1. The van der Waals surface area contributed by atoms with Crippen LogP contribution in [0.3, 0.4) is 0 Å². The quantitative estimate of drug-likeness (QED) is 0.532. The number of piperidine rings is 2. The number of aromatic nitrogens is 2. The standard InChI is InChI=1S/C30H33N5O2/c1-18-26(33-29(36)21-9-5-6-19(12-21)14-31)15-32-28-27(18)25(17-34(28)2)24-13-23-11-10-22(24)16-35(23)30(37)20-7-3-4-8-20/h5-6,9,12,15,17,20,22-24H,3-4,7-8,10-11,13,16H2,1-2H3,(H,33,36)/t22?,23-,24-/m1/s1. The highest BCUT2D eigenvalue weighted by Crippen LogP contribution is 2.48. The normalized spacial score (nSPS) is 23.4.